The molecule has 2 aromatic carbocycles. The number of hydrazone groups is 1. The summed E-state index contributed by atoms with van der Waals surface area (Å²) in [5, 5.41) is 6.39. The molecule has 0 spiro atoms. The van der Waals surface area contributed by atoms with Gasteiger partial charge in [0.1, 0.15) is 18.1 Å². The van der Waals surface area contributed by atoms with Crippen LogP contribution in [0.3, 0.4) is 0 Å². The molecule has 28 heavy (non-hydrogen) atoms. The smallest absolute Gasteiger partial charge is 0.259 e. The Bertz CT molecular complexity index is 870. The molecular formula is C21H21N3O4. The molecule has 0 aliphatic rings. The first-order valence-electron chi connectivity index (χ1n) is 8.62. The number of nitrogens with one attached hydrogen (secondary N) is 2. The van der Waals surface area contributed by atoms with Crippen molar-refractivity contribution < 1.29 is 19.1 Å². The lowest BCUT2D eigenvalue weighted by Crippen LogP contribution is -2.34. The number of ether oxygens (including phenoxy) is 2. The Morgan fingerprint density at radius 1 is 1.14 bits per heavy atom. The van der Waals surface area contributed by atoms with Crippen molar-refractivity contribution in [2.75, 3.05) is 19.8 Å². The minimum Gasteiger partial charge on any atom is -0.494 e. The maximum Gasteiger partial charge on any atom is 0.259 e. The van der Waals surface area contributed by atoms with Crippen LogP contribution in [0, 0.1) is 12.3 Å². The first-order valence-corrected chi connectivity index (χ1v) is 8.62. The van der Waals surface area contributed by atoms with Crippen LogP contribution in [0.5, 0.6) is 11.5 Å². The normalized spacial score (nSPS) is 10.1. The second-order valence-corrected chi connectivity index (χ2v) is 5.46. The molecule has 0 unspecified atom stereocenters. The molecule has 0 bridgehead atoms. The minimum absolute atomic E-state index is 0.134. The third kappa shape index (κ3) is 6.50. The topological polar surface area (TPSA) is 89.0 Å². The van der Waals surface area contributed by atoms with Crippen molar-refractivity contribution >= 4 is 18.0 Å². The van der Waals surface area contributed by atoms with Crippen molar-refractivity contribution in [3.63, 3.8) is 0 Å². The average Bonchev–Trinajstić information content (AvgIpc) is 2.72. The fourth-order valence-corrected chi connectivity index (χ4v) is 2.18. The lowest BCUT2D eigenvalue weighted by atomic mass is 10.2. The van der Waals surface area contributed by atoms with Gasteiger partial charge >= 0.3 is 0 Å². The molecule has 2 N–H and O–H groups in total. The third-order valence-electron chi connectivity index (χ3n) is 3.46. The Morgan fingerprint density at radius 3 is 2.61 bits per heavy atom. The highest BCUT2D eigenvalue weighted by atomic mass is 16.5. The standard InChI is InChI=1S/C21H21N3O4/c1-3-13-28-19-8-6-5-7-17(19)14-23-24-20(25)15-22-21(26)16-9-11-18(12-10-16)27-4-2/h1,5-12,14H,4,13,15H2,2H3,(H,22,26)(H,24,25)/b23-14-. The summed E-state index contributed by atoms with van der Waals surface area (Å²) in [4.78, 5) is 23.9. The van der Waals surface area contributed by atoms with Crippen molar-refractivity contribution in [3.8, 4) is 23.8 Å². The summed E-state index contributed by atoms with van der Waals surface area (Å²) in [6, 6.07) is 13.8. The number of amides is 2. The second-order valence-electron chi connectivity index (χ2n) is 5.46. The molecule has 2 amide bonds. The van der Waals surface area contributed by atoms with E-state index in [9.17, 15) is 9.59 Å². The number of terminal acetylenes is 1. The second kappa shape index (κ2) is 11.0. The molecule has 0 aromatic heterocycles. The van der Waals surface area contributed by atoms with Gasteiger partial charge in [-0.1, -0.05) is 18.1 Å². The number of hydrogen-bond acceptors (Lipinski definition) is 5. The van der Waals surface area contributed by atoms with E-state index in [1.165, 1.54) is 6.21 Å². The summed E-state index contributed by atoms with van der Waals surface area (Å²) in [6.45, 7) is 2.35. The van der Waals surface area contributed by atoms with Crippen molar-refractivity contribution in [1.82, 2.24) is 10.7 Å². The van der Waals surface area contributed by atoms with E-state index in [-0.39, 0.29) is 19.1 Å². The predicted molar refractivity (Wildman–Crippen MR) is 106 cm³/mol. The van der Waals surface area contributed by atoms with Crippen molar-refractivity contribution in [1.29, 1.82) is 0 Å². The van der Waals surface area contributed by atoms with Crippen LogP contribution in [0.4, 0.5) is 0 Å². The van der Waals surface area contributed by atoms with Crippen LogP contribution in [0.1, 0.15) is 22.8 Å². The van der Waals surface area contributed by atoms with Crippen LogP contribution in [-0.4, -0.2) is 37.8 Å². The number of benzene rings is 2. The fourth-order valence-electron chi connectivity index (χ4n) is 2.18. The number of nitrogens with zero attached hydrogens (tertiary/aromatic N) is 1. The largest absolute Gasteiger partial charge is 0.494 e. The van der Waals surface area contributed by atoms with Crippen LogP contribution >= 0.6 is 0 Å². The highest BCUT2D eigenvalue weighted by Gasteiger charge is 2.08. The van der Waals surface area contributed by atoms with Crippen molar-refractivity contribution in [2.24, 2.45) is 5.10 Å². The van der Waals surface area contributed by atoms with Gasteiger partial charge in [-0.3, -0.25) is 9.59 Å². The van der Waals surface area contributed by atoms with Gasteiger partial charge in [-0.05, 0) is 43.3 Å². The summed E-state index contributed by atoms with van der Waals surface area (Å²) in [6.07, 6.45) is 6.62. The highest BCUT2D eigenvalue weighted by molar-refractivity contribution is 5.96. The van der Waals surface area contributed by atoms with Gasteiger partial charge in [0.15, 0.2) is 0 Å². The Labute approximate surface area is 163 Å². The predicted octanol–water partition coefficient (Wildman–Crippen LogP) is 1.98. The Balaban J connectivity index is 1.82. The average molecular weight is 379 g/mol. The highest BCUT2D eigenvalue weighted by Crippen LogP contribution is 2.15. The SMILES string of the molecule is C#CCOc1ccccc1/C=N\NC(=O)CNC(=O)c1ccc(OCC)cc1. The maximum atomic E-state index is 12.1. The van der Waals surface area contributed by atoms with Crippen LogP contribution < -0.4 is 20.2 Å². The minimum atomic E-state index is -0.461. The summed E-state index contributed by atoms with van der Waals surface area (Å²) in [7, 11) is 0. The van der Waals surface area contributed by atoms with E-state index in [0.29, 0.717) is 29.2 Å². The number of rotatable bonds is 9. The van der Waals surface area contributed by atoms with E-state index in [2.05, 4.69) is 21.8 Å². The zero-order valence-electron chi connectivity index (χ0n) is 15.5. The van der Waals surface area contributed by atoms with Gasteiger partial charge in [0.25, 0.3) is 11.8 Å². The first kappa shape index (κ1) is 20.5. The first-order chi connectivity index (χ1) is 13.6. The molecular weight excluding hydrogens is 358 g/mol. The molecule has 0 aliphatic carbocycles. The Hall–Kier alpha value is -3.79. The molecule has 2 aromatic rings. The number of carbonyl (C=O) groups excluding carboxylic acids is 2. The molecule has 0 saturated carbocycles. The summed E-state index contributed by atoms with van der Waals surface area (Å²) in [5.41, 5.74) is 3.44. The molecule has 7 heteroatoms. The molecule has 0 aliphatic heterocycles. The lowest BCUT2D eigenvalue weighted by molar-refractivity contribution is -0.120. The molecule has 0 radical (unpaired) electrons. The van der Waals surface area contributed by atoms with Crippen LogP contribution in [0.2, 0.25) is 0 Å². The van der Waals surface area contributed by atoms with Gasteiger partial charge in [0.2, 0.25) is 0 Å². The van der Waals surface area contributed by atoms with Crippen LogP contribution in [0.15, 0.2) is 53.6 Å². The molecule has 144 valence electrons. The van der Waals surface area contributed by atoms with Gasteiger partial charge in [-0.15, -0.1) is 6.42 Å². The molecule has 0 heterocycles. The molecule has 0 atom stereocenters. The number of para-hydroxylation sites is 1. The van der Waals surface area contributed by atoms with Crippen molar-refractivity contribution in [3.05, 3.63) is 59.7 Å². The van der Waals surface area contributed by atoms with E-state index in [4.69, 9.17) is 15.9 Å². The zero-order chi connectivity index (χ0) is 20.2. The van der Waals surface area contributed by atoms with Crippen molar-refractivity contribution in [2.45, 2.75) is 6.92 Å². The number of hydrogen-bond donors (Lipinski definition) is 2. The van der Waals surface area contributed by atoms with Gasteiger partial charge in [0.05, 0.1) is 19.4 Å². The van der Waals surface area contributed by atoms with E-state index in [1.807, 2.05) is 13.0 Å². The van der Waals surface area contributed by atoms with Crippen LogP contribution in [0.25, 0.3) is 0 Å². The summed E-state index contributed by atoms with van der Waals surface area (Å²) in [5.74, 6) is 2.79. The van der Waals surface area contributed by atoms with Gasteiger partial charge in [0, 0.05) is 11.1 Å². The molecule has 7 nitrogen and oxygen atoms in total. The van der Waals surface area contributed by atoms with E-state index >= 15 is 0 Å². The van der Waals surface area contributed by atoms with Gasteiger partial charge < -0.3 is 14.8 Å². The molecule has 0 saturated heterocycles. The lowest BCUT2D eigenvalue weighted by Gasteiger charge is -2.07. The van der Waals surface area contributed by atoms with Gasteiger partial charge in [-0.25, -0.2) is 5.43 Å². The Kier molecular flexibility index (Phi) is 8.09. The molecule has 2 rings (SSSR count). The van der Waals surface area contributed by atoms with Crippen LogP contribution in [-0.2, 0) is 4.79 Å². The van der Waals surface area contributed by atoms with E-state index in [0.717, 1.165) is 0 Å². The van der Waals surface area contributed by atoms with E-state index in [1.54, 1.807) is 42.5 Å². The Morgan fingerprint density at radius 2 is 1.89 bits per heavy atom. The van der Waals surface area contributed by atoms with E-state index < -0.39 is 5.91 Å². The quantitative estimate of drug-likeness (QED) is 0.396. The maximum absolute atomic E-state index is 12.1. The van der Waals surface area contributed by atoms with Gasteiger partial charge in [-0.2, -0.15) is 5.10 Å². The fraction of sp³-hybridized carbons (Fsp3) is 0.190. The molecule has 0 fully saturated rings. The summed E-state index contributed by atoms with van der Waals surface area (Å²) >= 11 is 0. The monoisotopic (exact) mass is 379 g/mol. The summed E-state index contributed by atoms with van der Waals surface area (Å²) < 4.78 is 10.7. The zero-order valence-corrected chi connectivity index (χ0v) is 15.5. The number of carbonyl (C=O) groups is 2. The third-order valence-corrected chi connectivity index (χ3v) is 3.46.